The molecule has 0 spiro atoms. The fraction of sp³-hybridized carbons (Fsp3) is 0.316. The monoisotopic (exact) mass is 282 g/mol. The first-order valence-corrected chi connectivity index (χ1v) is 7.16. The van der Waals surface area contributed by atoms with Crippen molar-refractivity contribution in [2.24, 2.45) is 0 Å². The summed E-state index contributed by atoms with van der Waals surface area (Å²) in [6.07, 6.45) is 0. The third-order valence-corrected chi connectivity index (χ3v) is 4.13. The maximum atomic E-state index is 11.5. The van der Waals surface area contributed by atoms with Crippen LogP contribution in [-0.4, -0.2) is 11.1 Å². The van der Waals surface area contributed by atoms with Gasteiger partial charge in [-0.1, -0.05) is 49.7 Å². The summed E-state index contributed by atoms with van der Waals surface area (Å²) in [6.45, 7) is 10.5. The molecular weight excluding hydrogens is 260 g/mol. The van der Waals surface area contributed by atoms with Crippen LogP contribution in [0.4, 0.5) is 0 Å². The number of carboxylic acids is 1. The SMILES string of the molecule is Cc1cc(C)c(C(C)(C)c2ccccc2C(=O)O)c(C)c1. The predicted octanol–water partition coefficient (Wildman–Crippen LogP) is 4.64. The Labute approximate surface area is 126 Å². The lowest BCUT2D eigenvalue weighted by Crippen LogP contribution is -2.25. The second kappa shape index (κ2) is 5.36. The molecule has 0 atom stereocenters. The summed E-state index contributed by atoms with van der Waals surface area (Å²) in [6, 6.07) is 11.6. The Balaban J connectivity index is 2.71. The standard InChI is InChI=1S/C19H22O2/c1-12-10-13(2)17(14(3)11-12)19(4,5)16-9-7-6-8-15(16)18(20)21/h6-11H,1-5H3,(H,20,21). The highest BCUT2D eigenvalue weighted by Gasteiger charge is 2.30. The van der Waals surface area contributed by atoms with Crippen molar-refractivity contribution in [1.29, 1.82) is 0 Å². The quantitative estimate of drug-likeness (QED) is 0.890. The highest BCUT2D eigenvalue weighted by Crippen LogP contribution is 2.37. The van der Waals surface area contributed by atoms with Crippen LogP contribution < -0.4 is 0 Å². The van der Waals surface area contributed by atoms with Crippen molar-refractivity contribution in [1.82, 2.24) is 0 Å². The molecule has 0 unspecified atom stereocenters. The van der Waals surface area contributed by atoms with Gasteiger partial charge in [-0.2, -0.15) is 0 Å². The van der Waals surface area contributed by atoms with Crippen LogP contribution in [0.15, 0.2) is 36.4 Å². The van der Waals surface area contributed by atoms with Gasteiger partial charge in [-0.05, 0) is 49.1 Å². The Morgan fingerprint density at radius 1 is 1.00 bits per heavy atom. The second-order valence-electron chi connectivity index (χ2n) is 6.25. The Kier molecular flexibility index (Phi) is 3.91. The molecule has 21 heavy (non-hydrogen) atoms. The number of carboxylic acid groups (broad SMARTS) is 1. The molecule has 2 heteroatoms. The van der Waals surface area contributed by atoms with Gasteiger partial charge >= 0.3 is 5.97 Å². The van der Waals surface area contributed by atoms with Crippen LogP contribution >= 0.6 is 0 Å². The molecule has 110 valence electrons. The molecule has 0 aliphatic heterocycles. The highest BCUT2D eigenvalue weighted by atomic mass is 16.4. The van der Waals surface area contributed by atoms with Crippen LogP contribution in [0.5, 0.6) is 0 Å². The van der Waals surface area contributed by atoms with E-state index in [1.807, 2.05) is 12.1 Å². The molecule has 0 aromatic heterocycles. The maximum Gasteiger partial charge on any atom is 0.335 e. The summed E-state index contributed by atoms with van der Waals surface area (Å²) < 4.78 is 0. The lowest BCUT2D eigenvalue weighted by atomic mass is 9.72. The van der Waals surface area contributed by atoms with Gasteiger partial charge in [-0.3, -0.25) is 0 Å². The van der Waals surface area contributed by atoms with Crippen molar-refractivity contribution < 1.29 is 9.90 Å². The van der Waals surface area contributed by atoms with Gasteiger partial charge in [0.2, 0.25) is 0 Å². The van der Waals surface area contributed by atoms with Crippen molar-refractivity contribution >= 4 is 5.97 Å². The second-order valence-corrected chi connectivity index (χ2v) is 6.25. The minimum absolute atomic E-state index is 0.350. The Morgan fingerprint density at radius 3 is 2.05 bits per heavy atom. The number of hydrogen-bond donors (Lipinski definition) is 1. The first-order chi connectivity index (χ1) is 9.75. The van der Waals surface area contributed by atoms with Gasteiger partial charge in [0.25, 0.3) is 0 Å². The van der Waals surface area contributed by atoms with Crippen LogP contribution in [0.25, 0.3) is 0 Å². The molecule has 0 aliphatic rings. The number of aryl methyl sites for hydroxylation is 3. The molecule has 0 fully saturated rings. The summed E-state index contributed by atoms with van der Waals surface area (Å²) in [5.41, 5.74) is 5.74. The van der Waals surface area contributed by atoms with Crippen molar-refractivity contribution in [3.8, 4) is 0 Å². The molecule has 0 saturated heterocycles. The van der Waals surface area contributed by atoms with E-state index in [1.165, 1.54) is 22.3 Å². The number of carbonyl (C=O) groups is 1. The average molecular weight is 282 g/mol. The summed E-state index contributed by atoms with van der Waals surface area (Å²) >= 11 is 0. The lowest BCUT2D eigenvalue weighted by Gasteiger charge is -2.31. The van der Waals surface area contributed by atoms with E-state index in [2.05, 4.69) is 46.8 Å². The van der Waals surface area contributed by atoms with Gasteiger partial charge in [0.15, 0.2) is 0 Å². The van der Waals surface area contributed by atoms with Gasteiger partial charge in [-0.25, -0.2) is 4.79 Å². The first kappa shape index (κ1) is 15.3. The minimum Gasteiger partial charge on any atom is -0.478 e. The van der Waals surface area contributed by atoms with Crippen molar-refractivity contribution in [3.05, 3.63) is 69.8 Å². The normalized spacial score (nSPS) is 11.5. The van der Waals surface area contributed by atoms with Gasteiger partial charge in [0.1, 0.15) is 0 Å². The smallest absolute Gasteiger partial charge is 0.335 e. The Bertz CT molecular complexity index is 673. The highest BCUT2D eigenvalue weighted by molar-refractivity contribution is 5.90. The molecule has 2 nitrogen and oxygen atoms in total. The minimum atomic E-state index is -0.874. The van der Waals surface area contributed by atoms with E-state index in [0.29, 0.717) is 5.56 Å². The predicted molar refractivity (Wildman–Crippen MR) is 86.2 cm³/mol. The molecule has 0 bridgehead atoms. The summed E-state index contributed by atoms with van der Waals surface area (Å²) in [4.78, 5) is 11.5. The van der Waals surface area contributed by atoms with Crippen LogP contribution in [-0.2, 0) is 5.41 Å². The Morgan fingerprint density at radius 2 is 1.52 bits per heavy atom. The number of hydrogen-bond acceptors (Lipinski definition) is 1. The van der Waals surface area contributed by atoms with E-state index in [-0.39, 0.29) is 5.41 Å². The summed E-state index contributed by atoms with van der Waals surface area (Å²) in [5, 5.41) is 9.46. The summed E-state index contributed by atoms with van der Waals surface area (Å²) in [5.74, 6) is -0.874. The molecule has 0 amide bonds. The number of benzene rings is 2. The molecule has 0 saturated carbocycles. The molecule has 2 aromatic rings. The molecule has 2 rings (SSSR count). The zero-order valence-corrected chi connectivity index (χ0v) is 13.3. The van der Waals surface area contributed by atoms with Crippen LogP contribution in [0.3, 0.4) is 0 Å². The summed E-state index contributed by atoms with van der Waals surface area (Å²) in [7, 11) is 0. The van der Waals surface area contributed by atoms with Crippen LogP contribution in [0, 0.1) is 20.8 Å². The van der Waals surface area contributed by atoms with E-state index in [0.717, 1.165) is 5.56 Å². The molecule has 0 radical (unpaired) electrons. The zero-order valence-electron chi connectivity index (χ0n) is 13.3. The Hall–Kier alpha value is -2.09. The van der Waals surface area contributed by atoms with Gasteiger partial charge in [0.05, 0.1) is 5.56 Å². The molecule has 0 heterocycles. The zero-order chi connectivity index (χ0) is 15.8. The van der Waals surface area contributed by atoms with Gasteiger partial charge < -0.3 is 5.11 Å². The maximum absolute atomic E-state index is 11.5. The van der Waals surface area contributed by atoms with E-state index in [4.69, 9.17) is 0 Å². The van der Waals surface area contributed by atoms with E-state index in [1.54, 1.807) is 12.1 Å². The van der Waals surface area contributed by atoms with E-state index in [9.17, 15) is 9.90 Å². The number of rotatable bonds is 3. The van der Waals surface area contributed by atoms with Gasteiger partial charge in [0, 0.05) is 5.41 Å². The third-order valence-electron chi connectivity index (χ3n) is 4.13. The van der Waals surface area contributed by atoms with E-state index >= 15 is 0 Å². The van der Waals surface area contributed by atoms with Crippen molar-refractivity contribution in [3.63, 3.8) is 0 Å². The lowest BCUT2D eigenvalue weighted by molar-refractivity contribution is 0.0694. The molecule has 1 N–H and O–H groups in total. The largest absolute Gasteiger partial charge is 0.478 e. The van der Waals surface area contributed by atoms with Crippen molar-refractivity contribution in [2.45, 2.75) is 40.0 Å². The molecule has 0 aliphatic carbocycles. The number of aromatic carboxylic acids is 1. The first-order valence-electron chi connectivity index (χ1n) is 7.16. The molecule has 2 aromatic carbocycles. The average Bonchev–Trinajstić information content (AvgIpc) is 2.37. The fourth-order valence-corrected chi connectivity index (χ4v) is 3.52. The third kappa shape index (κ3) is 2.71. The van der Waals surface area contributed by atoms with Gasteiger partial charge in [-0.15, -0.1) is 0 Å². The fourth-order valence-electron chi connectivity index (χ4n) is 3.52. The van der Waals surface area contributed by atoms with Crippen molar-refractivity contribution in [2.75, 3.05) is 0 Å². The molecular formula is C19H22O2. The van der Waals surface area contributed by atoms with Crippen LogP contribution in [0.1, 0.15) is 52.0 Å². The van der Waals surface area contributed by atoms with Crippen LogP contribution in [0.2, 0.25) is 0 Å². The topological polar surface area (TPSA) is 37.3 Å². The van der Waals surface area contributed by atoms with E-state index < -0.39 is 5.97 Å².